The van der Waals surface area contributed by atoms with Crippen molar-refractivity contribution in [2.24, 2.45) is 0 Å². The summed E-state index contributed by atoms with van der Waals surface area (Å²) in [5.74, 6) is 1.37. The second kappa shape index (κ2) is 12.2. The van der Waals surface area contributed by atoms with Gasteiger partial charge in [0, 0.05) is 42.8 Å². The molecule has 4 aromatic rings. The summed E-state index contributed by atoms with van der Waals surface area (Å²) >= 11 is 0. The molecule has 2 aliphatic rings. The first kappa shape index (κ1) is 27.1. The van der Waals surface area contributed by atoms with Gasteiger partial charge in [-0.1, -0.05) is 36.4 Å². The van der Waals surface area contributed by atoms with Crippen LogP contribution in [0.2, 0.25) is 0 Å². The Bertz CT molecular complexity index is 1590. The maximum Gasteiger partial charge on any atom is 0.256 e. The van der Waals surface area contributed by atoms with Crippen LogP contribution in [0.1, 0.15) is 34.3 Å². The number of piperidine rings is 1. The number of nitrogens with one attached hydrogen (secondary N) is 2. The number of para-hydroxylation sites is 1. The molecular formula is C33H36N4O4. The summed E-state index contributed by atoms with van der Waals surface area (Å²) in [6.45, 7) is 7.31. The number of carbonyl (C=O) groups excluding carboxylic acids is 1. The Morgan fingerprint density at radius 2 is 1.68 bits per heavy atom. The average molecular weight is 553 g/mol. The highest BCUT2D eigenvalue weighted by Gasteiger charge is 2.21. The van der Waals surface area contributed by atoms with E-state index in [1.807, 2.05) is 66.1 Å². The Labute approximate surface area is 239 Å². The number of ether oxygens (including phenoxy) is 2. The first-order valence-corrected chi connectivity index (χ1v) is 14.4. The number of likely N-dealkylation sites (tertiary alicyclic amines) is 1. The first-order chi connectivity index (χ1) is 20.0. The minimum absolute atomic E-state index is 0.155. The van der Waals surface area contributed by atoms with Crippen molar-refractivity contribution >= 4 is 22.5 Å². The molecule has 0 unspecified atom stereocenters. The topological polar surface area (TPSA) is 84.8 Å². The summed E-state index contributed by atoms with van der Waals surface area (Å²) in [6, 6.07) is 23.3. The number of nitrogens with zero attached hydrogens (tertiary/aromatic N) is 2. The van der Waals surface area contributed by atoms with E-state index in [0.717, 1.165) is 67.0 Å². The van der Waals surface area contributed by atoms with Gasteiger partial charge in [0.25, 0.3) is 11.5 Å². The number of benzene rings is 3. The number of pyridine rings is 1. The van der Waals surface area contributed by atoms with Crippen LogP contribution < -0.4 is 25.7 Å². The highest BCUT2D eigenvalue weighted by Crippen LogP contribution is 2.30. The van der Waals surface area contributed by atoms with E-state index in [-0.39, 0.29) is 11.5 Å². The molecule has 212 valence electrons. The molecule has 3 heterocycles. The Morgan fingerprint density at radius 3 is 2.49 bits per heavy atom. The minimum Gasteiger partial charge on any atom is -0.486 e. The SMILES string of the molecule is Cc1ccc2c(C(=O)Nc3ccccc3)cc(=O)n(CCN3CCC(NCc4ccc5c(c4)OCCO5)CC3)c2c1. The largest absolute Gasteiger partial charge is 0.486 e. The van der Waals surface area contributed by atoms with E-state index < -0.39 is 0 Å². The molecule has 8 nitrogen and oxygen atoms in total. The smallest absolute Gasteiger partial charge is 0.256 e. The van der Waals surface area contributed by atoms with Gasteiger partial charge in [0.1, 0.15) is 13.2 Å². The highest BCUT2D eigenvalue weighted by molar-refractivity contribution is 6.12. The lowest BCUT2D eigenvalue weighted by Gasteiger charge is -2.32. The Balaban J connectivity index is 1.07. The number of aryl methyl sites for hydroxylation is 1. The Kier molecular flexibility index (Phi) is 8.02. The fourth-order valence-electron chi connectivity index (χ4n) is 5.69. The van der Waals surface area contributed by atoms with Crippen LogP contribution in [0.5, 0.6) is 11.5 Å². The Morgan fingerprint density at radius 1 is 0.902 bits per heavy atom. The molecule has 0 spiro atoms. The predicted molar refractivity (Wildman–Crippen MR) is 161 cm³/mol. The van der Waals surface area contributed by atoms with Crippen molar-refractivity contribution in [3.05, 3.63) is 99.8 Å². The van der Waals surface area contributed by atoms with Crippen molar-refractivity contribution in [3.63, 3.8) is 0 Å². The standard InChI is InChI=1S/C33H36N4O4/c1-23-7-9-27-28(33(39)35-26-5-3-2-4-6-26)21-32(38)37(29(27)19-23)16-15-36-13-11-25(12-14-36)34-22-24-8-10-30-31(20-24)41-18-17-40-30/h2-10,19-21,25,34H,11-18,22H2,1H3,(H,35,39). The van der Waals surface area contributed by atoms with Crippen LogP contribution in [-0.2, 0) is 13.1 Å². The fraction of sp³-hybridized carbons (Fsp3) is 0.333. The van der Waals surface area contributed by atoms with E-state index in [9.17, 15) is 9.59 Å². The van der Waals surface area contributed by atoms with Gasteiger partial charge in [-0.25, -0.2) is 0 Å². The third-order valence-corrected chi connectivity index (χ3v) is 7.97. The fourth-order valence-corrected chi connectivity index (χ4v) is 5.69. The highest BCUT2D eigenvalue weighted by atomic mass is 16.6. The maximum atomic E-state index is 13.3. The third-order valence-electron chi connectivity index (χ3n) is 7.97. The molecule has 0 bridgehead atoms. The molecule has 0 atom stereocenters. The van der Waals surface area contributed by atoms with Crippen LogP contribution in [0, 0.1) is 6.92 Å². The van der Waals surface area contributed by atoms with Crippen LogP contribution in [0.4, 0.5) is 5.69 Å². The van der Waals surface area contributed by atoms with E-state index >= 15 is 0 Å². The Hall–Kier alpha value is -4.14. The quantitative estimate of drug-likeness (QED) is 0.333. The van der Waals surface area contributed by atoms with Gasteiger partial charge in [-0.15, -0.1) is 0 Å². The van der Waals surface area contributed by atoms with Gasteiger partial charge >= 0.3 is 0 Å². The number of amides is 1. The zero-order valence-corrected chi connectivity index (χ0v) is 23.4. The number of fused-ring (bicyclic) bond motifs is 2. The van der Waals surface area contributed by atoms with Gasteiger partial charge in [-0.05, 0) is 74.3 Å². The molecule has 1 fully saturated rings. The molecule has 1 saturated heterocycles. The first-order valence-electron chi connectivity index (χ1n) is 14.4. The van der Waals surface area contributed by atoms with Gasteiger partial charge in [0.05, 0.1) is 11.1 Å². The van der Waals surface area contributed by atoms with Gasteiger partial charge in [-0.3, -0.25) is 9.59 Å². The third kappa shape index (κ3) is 6.29. The van der Waals surface area contributed by atoms with E-state index in [1.54, 1.807) is 0 Å². The van der Waals surface area contributed by atoms with Crippen molar-refractivity contribution in [2.45, 2.75) is 38.9 Å². The van der Waals surface area contributed by atoms with Gasteiger partial charge < -0.3 is 29.6 Å². The zero-order valence-electron chi connectivity index (χ0n) is 23.4. The van der Waals surface area contributed by atoms with Crippen LogP contribution in [-0.4, -0.2) is 54.3 Å². The van der Waals surface area contributed by atoms with Gasteiger partial charge in [-0.2, -0.15) is 0 Å². The van der Waals surface area contributed by atoms with Crippen LogP contribution in [0.15, 0.2) is 77.6 Å². The van der Waals surface area contributed by atoms with Crippen molar-refractivity contribution < 1.29 is 14.3 Å². The maximum absolute atomic E-state index is 13.3. The number of aromatic nitrogens is 1. The molecule has 1 amide bonds. The lowest BCUT2D eigenvalue weighted by molar-refractivity contribution is 0.102. The summed E-state index contributed by atoms with van der Waals surface area (Å²) < 4.78 is 13.2. The minimum atomic E-state index is -0.278. The average Bonchev–Trinajstić information content (AvgIpc) is 3.00. The van der Waals surface area contributed by atoms with Crippen LogP contribution >= 0.6 is 0 Å². The van der Waals surface area contributed by atoms with Crippen molar-refractivity contribution in [1.29, 1.82) is 0 Å². The lowest BCUT2D eigenvalue weighted by atomic mass is 10.0. The molecular weight excluding hydrogens is 516 g/mol. The van der Waals surface area contributed by atoms with Gasteiger partial charge in [0.2, 0.25) is 0 Å². The number of anilines is 1. The van der Waals surface area contributed by atoms with E-state index in [1.165, 1.54) is 11.6 Å². The normalized spacial score (nSPS) is 15.6. The van der Waals surface area contributed by atoms with Gasteiger partial charge in [0.15, 0.2) is 11.5 Å². The van der Waals surface area contributed by atoms with E-state index in [4.69, 9.17) is 9.47 Å². The monoisotopic (exact) mass is 552 g/mol. The summed E-state index contributed by atoms with van der Waals surface area (Å²) in [7, 11) is 0. The number of carbonyl (C=O) groups is 1. The molecule has 0 saturated carbocycles. The van der Waals surface area contributed by atoms with E-state index in [0.29, 0.717) is 37.1 Å². The molecule has 0 radical (unpaired) electrons. The van der Waals surface area contributed by atoms with Crippen molar-refractivity contribution in [2.75, 3.05) is 38.2 Å². The molecule has 3 aromatic carbocycles. The molecule has 41 heavy (non-hydrogen) atoms. The molecule has 0 aliphatic carbocycles. The number of hydrogen-bond donors (Lipinski definition) is 2. The molecule has 2 N–H and O–H groups in total. The number of rotatable bonds is 8. The van der Waals surface area contributed by atoms with Crippen LogP contribution in [0.25, 0.3) is 10.9 Å². The molecule has 2 aliphatic heterocycles. The lowest BCUT2D eigenvalue weighted by Crippen LogP contribution is -2.43. The molecule has 8 heteroatoms. The molecule has 6 rings (SSSR count). The molecule has 1 aromatic heterocycles. The summed E-state index contributed by atoms with van der Waals surface area (Å²) in [4.78, 5) is 28.9. The number of hydrogen-bond acceptors (Lipinski definition) is 6. The zero-order chi connectivity index (χ0) is 28.2. The second-order valence-corrected chi connectivity index (χ2v) is 10.9. The second-order valence-electron chi connectivity index (χ2n) is 10.9. The van der Waals surface area contributed by atoms with Crippen molar-refractivity contribution in [3.8, 4) is 11.5 Å². The summed E-state index contributed by atoms with van der Waals surface area (Å²) in [5, 5.41) is 7.40. The predicted octanol–water partition coefficient (Wildman–Crippen LogP) is 4.59. The van der Waals surface area contributed by atoms with Crippen LogP contribution in [0.3, 0.4) is 0 Å². The summed E-state index contributed by atoms with van der Waals surface area (Å²) in [6.07, 6.45) is 2.11. The van der Waals surface area contributed by atoms with Crippen molar-refractivity contribution in [1.82, 2.24) is 14.8 Å². The summed E-state index contributed by atoms with van der Waals surface area (Å²) in [5.41, 5.74) is 3.99. The van der Waals surface area contributed by atoms with E-state index in [2.05, 4.69) is 27.7 Å².